The molecule has 0 saturated heterocycles. The number of anilines is 1. The number of aryl methyl sites for hydroxylation is 1. The normalized spacial score (nSPS) is 11.2. The minimum absolute atomic E-state index is 0.756. The molecule has 0 fully saturated rings. The Bertz CT molecular complexity index is 1240. The zero-order valence-electron chi connectivity index (χ0n) is 16.4. The Hall–Kier alpha value is -3.57. The molecular weight excluding hydrogens is 340 g/mol. The molecule has 0 amide bonds. The fraction of sp³-hybridized carbons (Fsp3) is 0.115. The maximum atomic E-state index is 9.74. The van der Waals surface area contributed by atoms with Crippen molar-refractivity contribution in [3.05, 3.63) is 89.0 Å². The van der Waals surface area contributed by atoms with Crippen molar-refractivity contribution in [1.29, 1.82) is 5.26 Å². The molecule has 4 aromatic rings. The molecule has 28 heavy (non-hydrogen) atoms. The largest absolute Gasteiger partial charge is 0.378 e. The Morgan fingerprint density at radius 1 is 0.750 bits per heavy atom. The zero-order chi connectivity index (χ0) is 19.7. The highest BCUT2D eigenvalue weighted by Crippen LogP contribution is 2.30. The van der Waals surface area contributed by atoms with E-state index in [2.05, 4.69) is 96.8 Å². The van der Waals surface area contributed by atoms with Gasteiger partial charge in [-0.2, -0.15) is 5.26 Å². The smallest absolute Gasteiger partial charge is 0.100 e. The van der Waals surface area contributed by atoms with Crippen LogP contribution in [0.3, 0.4) is 0 Å². The van der Waals surface area contributed by atoms with Gasteiger partial charge in [0.1, 0.15) is 6.07 Å². The second-order valence-corrected chi connectivity index (χ2v) is 7.39. The molecule has 0 aromatic heterocycles. The molecule has 4 rings (SSSR count). The summed E-state index contributed by atoms with van der Waals surface area (Å²) in [5.74, 6) is 0. The van der Waals surface area contributed by atoms with Crippen LogP contribution in [0.15, 0.2) is 66.7 Å². The molecule has 0 heterocycles. The summed E-state index contributed by atoms with van der Waals surface area (Å²) in [5, 5.41) is 14.0. The summed E-state index contributed by atoms with van der Waals surface area (Å²) in [7, 11) is 4.08. The SMILES string of the molecule is Cc1ccc2cc3cc(C=Cc4ccc(N(C)C)cc4)ccc3c(C#N)c2c1. The van der Waals surface area contributed by atoms with Crippen molar-refractivity contribution in [2.45, 2.75) is 6.92 Å². The van der Waals surface area contributed by atoms with Gasteiger partial charge >= 0.3 is 0 Å². The van der Waals surface area contributed by atoms with Gasteiger partial charge in [-0.3, -0.25) is 0 Å². The first-order valence-corrected chi connectivity index (χ1v) is 9.38. The van der Waals surface area contributed by atoms with Crippen molar-refractivity contribution in [3.8, 4) is 6.07 Å². The predicted molar refractivity (Wildman–Crippen MR) is 121 cm³/mol. The van der Waals surface area contributed by atoms with E-state index >= 15 is 0 Å². The maximum absolute atomic E-state index is 9.74. The summed E-state index contributed by atoms with van der Waals surface area (Å²) in [4.78, 5) is 2.09. The van der Waals surface area contributed by atoms with E-state index in [0.29, 0.717) is 0 Å². The van der Waals surface area contributed by atoms with Crippen LogP contribution in [0.2, 0.25) is 0 Å². The molecule has 0 N–H and O–H groups in total. The van der Waals surface area contributed by atoms with Crippen LogP contribution in [-0.2, 0) is 0 Å². The van der Waals surface area contributed by atoms with E-state index < -0.39 is 0 Å². The molecule has 0 saturated carbocycles. The van der Waals surface area contributed by atoms with Gasteiger partial charge in [0.25, 0.3) is 0 Å². The summed E-state index contributed by atoms with van der Waals surface area (Å²) in [6, 6.07) is 25.6. The van der Waals surface area contributed by atoms with Gasteiger partial charge in [-0.1, -0.05) is 60.2 Å². The highest BCUT2D eigenvalue weighted by Gasteiger charge is 2.08. The molecule has 0 atom stereocenters. The summed E-state index contributed by atoms with van der Waals surface area (Å²) >= 11 is 0. The topological polar surface area (TPSA) is 27.0 Å². The monoisotopic (exact) mass is 362 g/mol. The number of hydrogen-bond donors (Lipinski definition) is 0. The lowest BCUT2D eigenvalue weighted by Gasteiger charge is -2.11. The van der Waals surface area contributed by atoms with Crippen molar-refractivity contribution >= 4 is 39.4 Å². The quantitative estimate of drug-likeness (QED) is 0.311. The average molecular weight is 362 g/mol. The van der Waals surface area contributed by atoms with E-state index in [0.717, 1.165) is 38.2 Å². The number of benzene rings is 4. The molecule has 0 radical (unpaired) electrons. The van der Waals surface area contributed by atoms with Crippen LogP contribution in [0.5, 0.6) is 0 Å². The first kappa shape index (κ1) is 17.8. The highest BCUT2D eigenvalue weighted by atomic mass is 15.1. The molecule has 4 aromatic carbocycles. The van der Waals surface area contributed by atoms with Crippen LogP contribution in [0.1, 0.15) is 22.3 Å². The molecule has 2 nitrogen and oxygen atoms in total. The van der Waals surface area contributed by atoms with Gasteiger partial charge in [0.05, 0.1) is 5.56 Å². The molecule has 0 bridgehead atoms. The number of rotatable bonds is 3. The Kier molecular flexibility index (Phi) is 4.59. The van der Waals surface area contributed by atoms with E-state index in [1.54, 1.807) is 0 Å². The minimum Gasteiger partial charge on any atom is -0.378 e. The van der Waals surface area contributed by atoms with Gasteiger partial charge in [0.15, 0.2) is 0 Å². The maximum Gasteiger partial charge on any atom is 0.100 e. The van der Waals surface area contributed by atoms with Gasteiger partial charge in [0, 0.05) is 30.6 Å². The highest BCUT2D eigenvalue weighted by molar-refractivity contribution is 6.05. The van der Waals surface area contributed by atoms with Crippen LogP contribution < -0.4 is 4.90 Å². The molecule has 0 aliphatic carbocycles. The molecular formula is C26H22N2. The zero-order valence-corrected chi connectivity index (χ0v) is 16.4. The fourth-order valence-electron chi connectivity index (χ4n) is 3.55. The number of nitrogens with zero attached hydrogens (tertiary/aromatic N) is 2. The minimum atomic E-state index is 0.756. The Morgan fingerprint density at radius 2 is 1.46 bits per heavy atom. The van der Waals surface area contributed by atoms with Crippen molar-refractivity contribution < 1.29 is 0 Å². The lowest BCUT2D eigenvalue weighted by molar-refractivity contribution is 1.13. The third-order valence-electron chi connectivity index (χ3n) is 5.12. The van der Waals surface area contributed by atoms with Gasteiger partial charge < -0.3 is 4.90 Å². The first-order chi connectivity index (χ1) is 13.5. The van der Waals surface area contributed by atoms with Gasteiger partial charge in [-0.15, -0.1) is 0 Å². The van der Waals surface area contributed by atoms with Crippen LogP contribution in [0.25, 0.3) is 33.7 Å². The van der Waals surface area contributed by atoms with E-state index in [9.17, 15) is 5.26 Å². The van der Waals surface area contributed by atoms with Crippen LogP contribution in [0, 0.1) is 18.3 Å². The fourth-order valence-corrected chi connectivity index (χ4v) is 3.55. The molecule has 0 aliphatic rings. The number of nitriles is 1. The summed E-state index contributed by atoms with van der Waals surface area (Å²) in [5.41, 5.74) is 5.40. The number of hydrogen-bond acceptors (Lipinski definition) is 2. The molecule has 136 valence electrons. The third kappa shape index (κ3) is 3.35. The second-order valence-electron chi connectivity index (χ2n) is 7.39. The van der Waals surface area contributed by atoms with E-state index in [1.807, 2.05) is 14.1 Å². The lowest BCUT2D eigenvalue weighted by atomic mass is 9.95. The summed E-state index contributed by atoms with van der Waals surface area (Å²) in [6.45, 7) is 2.06. The van der Waals surface area contributed by atoms with E-state index in [1.165, 1.54) is 11.3 Å². The van der Waals surface area contributed by atoms with Crippen LogP contribution in [-0.4, -0.2) is 14.1 Å². The van der Waals surface area contributed by atoms with Crippen molar-refractivity contribution in [1.82, 2.24) is 0 Å². The Balaban J connectivity index is 1.74. The van der Waals surface area contributed by atoms with E-state index in [4.69, 9.17) is 0 Å². The number of fused-ring (bicyclic) bond motifs is 2. The standard InChI is InChI=1S/C26H22N2/c1-18-4-10-21-16-22-15-20(9-13-24(22)26(17-27)25(21)14-18)6-5-19-7-11-23(12-8-19)28(2)3/h4-16H,1-3H3. The van der Waals surface area contributed by atoms with E-state index in [-0.39, 0.29) is 0 Å². The average Bonchev–Trinajstić information content (AvgIpc) is 2.70. The van der Waals surface area contributed by atoms with Crippen LogP contribution in [0.4, 0.5) is 5.69 Å². The molecule has 2 heteroatoms. The Labute approximate surface area is 166 Å². The lowest BCUT2D eigenvalue weighted by Crippen LogP contribution is -2.07. The summed E-state index contributed by atoms with van der Waals surface area (Å²) < 4.78 is 0. The Morgan fingerprint density at radius 3 is 2.18 bits per heavy atom. The van der Waals surface area contributed by atoms with Gasteiger partial charge in [0.2, 0.25) is 0 Å². The predicted octanol–water partition coefficient (Wildman–Crippen LogP) is 6.41. The first-order valence-electron chi connectivity index (χ1n) is 9.38. The van der Waals surface area contributed by atoms with Crippen molar-refractivity contribution in [2.75, 3.05) is 19.0 Å². The van der Waals surface area contributed by atoms with Gasteiger partial charge in [-0.25, -0.2) is 0 Å². The van der Waals surface area contributed by atoms with Gasteiger partial charge in [-0.05, 0) is 53.1 Å². The summed E-state index contributed by atoms with van der Waals surface area (Å²) in [6.07, 6.45) is 4.24. The molecule has 0 aliphatic heterocycles. The van der Waals surface area contributed by atoms with Crippen molar-refractivity contribution in [3.63, 3.8) is 0 Å². The third-order valence-corrected chi connectivity index (χ3v) is 5.12. The molecule has 0 spiro atoms. The second kappa shape index (κ2) is 7.21. The van der Waals surface area contributed by atoms with Crippen LogP contribution >= 0.6 is 0 Å². The molecule has 0 unspecified atom stereocenters. The van der Waals surface area contributed by atoms with Crippen molar-refractivity contribution in [2.24, 2.45) is 0 Å².